The molecule has 1 aliphatic heterocycles. The van der Waals surface area contributed by atoms with Gasteiger partial charge in [-0.3, -0.25) is 4.79 Å². The summed E-state index contributed by atoms with van der Waals surface area (Å²) >= 11 is 0. The lowest BCUT2D eigenvalue weighted by Gasteiger charge is -2.42. The van der Waals surface area contributed by atoms with Crippen molar-refractivity contribution in [1.29, 1.82) is 0 Å². The van der Waals surface area contributed by atoms with Crippen LogP contribution in [-0.2, 0) is 15.0 Å². The van der Waals surface area contributed by atoms with Gasteiger partial charge in [-0.1, -0.05) is 0 Å². The van der Waals surface area contributed by atoms with Crippen LogP contribution in [0.5, 0.6) is 0 Å². The van der Waals surface area contributed by atoms with E-state index in [2.05, 4.69) is 19.9 Å². The first-order chi connectivity index (χ1) is 12.3. The van der Waals surface area contributed by atoms with Gasteiger partial charge in [0.25, 0.3) is 10.2 Å². The lowest BCUT2D eigenvalue weighted by atomic mass is 10.2. The molecule has 140 valence electrons. The molecule has 10 nitrogen and oxygen atoms in total. The smallest absolute Gasteiger partial charge is 0.318 e. The Bertz CT molecular complexity index is 954. The van der Waals surface area contributed by atoms with Crippen molar-refractivity contribution in [3.8, 4) is 0 Å². The number of carboxylic acids is 1. The fraction of sp³-hybridized carbons (Fsp3) is 0.533. The topological polar surface area (TPSA) is 123 Å². The standard InChI is InChI=1S/C15H20N6O4S/c1-19(8-12(22)23)26(24,25)21-7-6-20(9-15(21)3-4-15)14-11-2-5-16-13(11)17-10-18-14/h2,5,10H,3-4,6-9H2,1H3,(H,22,23)(H,16,17,18). The minimum absolute atomic E-state index is 0.294. The van der Waals surface area contributed by atoms with Crippen LogP contribution in [0.3, 0.4) is 0 Å². The SMILES string of the molecule is CN(CC(=O)O)S(=O)(=O)N1CCN(c2ncnc3[nH]ccc23)CC12CC2. The summed E-state index contributed by atoms with van der Waals surface area (Å²) < 4.78 is 28.0. The summed E-state index contributed by atoms with van der Waals surface area (Å²) in [5, 5.41) is 9.82. The minimum atomic E-state index is -3.82. The summed E-state index contributed by atoms with van der Waals surface area (Å²) in [7, 11) is -2.51. The van der Waals surface area contributed by atoms with Gasteiger partial charge in [0.15, 0.2) is 0 Å². The first-order valence-electron chi connectivity index (χ1n) is 8.32. The second-order valence-electron chi connectivity index (χ2n) is 6.81. The number of rotatable bonds is 5. The predicted octanol–water partition coefficient (Wildman–Crippen LogP) is -0.126. The molecule has 2 aliphatic rings. The second-order valence-corrected chi connectivity index (χ2v) is 8.77. The molecule has 11 heteroatoms. The van der Waals surface area contributed by atoms with E-state index in [1.54, 1.807) is 6.20 Å². The fourth-order valence-corrected chi connectivity index (χ4v) is 5.26. The van der Waals surface area contributed by atoms with Gasteiger partial charge in [-0.25, -0.2) is 9.97 Å². The normalized spacial score (nSPS) is 20.2. The van der Waals surface area contributed by atoms with Crippen LogP contribution < -0.4 is 4.90 Å². The van der Waals surface area contributed by atoms with Crippen molar-refractivity contribution in [2.45, 2.75) is 18.4 Å². The van der Waals surface area contributed by atoms with Crippen molar-refractivity contribution < 1.29 is 18.3 Å². The molecular formula is C15H20N6O4S. The first kappa shape index (κ1) is 17.2. The third-order valence-electron chi connectivity index (χ3n) is 5.08. The molecule has 0 bridgehead atoms. The molecule has 1 saturated carbocycles. The number of hydrogen-bond acceptors (Lipinski definition) is 6. The van der Waals surface area contributed by atoms with E-state index in [0.717, 1.165) is 34.0 Å². The van der Waals surface area contributed by atoms with Crippen molar-refractivity contribution in [2.75, 3.05) is 38.1 Å². The maximum Gasteiger partial charge on any atom is 0.318 e. The van der Waals surface area contributed by atoms with E-state index < -0.39 is 28.3 Å². The number of hydrogen-bond donors (Lipinski definition) is 2. The third kappa shape index (κ3) is 2.72. The van der Waals surface area contributed by atoms with Gasteiger partial charge in [-0.2, -0.15) is 17.0 Å². The highest BCUT2D eigenvalue weighted by Crippen LogP contribution is 2.47. The van der Waals surface area contributed by atoms with Gasteiger partial charge >= 0.3 is 5.97 Å². The number of aromatic nitrogens is 3. The Morgan fingerprint density at radius 1 is 1.38 bits per heavy atom. The lowest BCUT2D eigenvalue weighted by Crippen LogP contribution is -2.60. The number of aliphatic carboxylic acids is 1. The maximum absolute atomic E-state index is 12.8. The number of carboxylic acid groups (broad SMARTS) is 1. The summed E-state index contributed by atoms with van der Waals surface area (Å²) in [5.74, 6) is -0.381. The number of nitrogens with zero attached hydrogens (tertiary/aromatic N) is 5. The zero-order chi connectivity index (χ0) is 18.5. The lowest BCUT2D eigenvalue weighted by molar-refractivity contribution is -0.137. The molecule has 1 saturated heterocycles. The van der Waals surface area contributed by atoms with Crippen LogP contribution in [0.4, 0.5) is 5.82 Å². The largest absolute Gasteiger partial charge is 0.480 e. The summed E-state index contributed by atoms with van der Waals surface area (Å²) in [4.78, 5) is 24.6. The molecular weight excluding hydrogens is 360 g/mol. The van der Waals surface area contributed by atoms with E-state index in [1.165, 1.54) is 17.7 Å². The molecule has 2 fully saturated rings. The van der Waals surface area contributed by atoms with Gasteiger partial charge < -0.3 is 15.0 Å². The number of aromatic amines is 1. The van der Waals surface area contributed by atoms with Crippen LogP contribution >= 0.6 is 0 Å². The van der Waals surface area contributed by atoms with Crippen LogP contribution in [0.2, 0.25) is 0 Å². The first-order valence-corrected chi connectivity index (χ1v) is 9.72. The monoisotopic (exact) mass is 380 g/mol. The Morgan fingerprint density at radius 3 is 2.85 bits per heavy atom. The van der Waals surface area contributed by atoms with Crippen molar-refractivity contribution >= 4 is 33.0 Å². The molecule has 4 rings (SSSR count). The molecule has 2 aromatic rings. The number of piperazine rings is 1. The molecule has 0 atom stereocenters. The average Bonchev–Trinajstić information content (AvgIpc) is 3.16. The Kier molecular flexibility index (Phi) is 3.90. The van der Waals surface area contributed by atoms with Crippen LogP contribution in [-0.4, -0.2) is 81.8 Å². The predicted molar refractivity (Wildman–Crippen MR) is 94.0 cm³/mol. The molecule has 0 radical (unpaired) electrons. The Hall–Kier alpha value is -2.24. The number of anilines is 1. The highest BCUT2D eigenvalue weighted by Gasteiger charge is 2.56. The Labute approximate surface area is 150 Å². The molecule has 1 spiro atoms. The molecule has 26 heavy (non-hydrogen) atoms. The van der Waals surface area contributed by atoms with E-state index in [1.807, 2.05) is 6.07 Å². The number of carbonyl (C=O) groups is 1. The second kappa shape index (κ2) is 5.89. The molecule has 0 amide bonds. The van der Waals surface area contributed by atoms with Crippen molar-refractivity contribution in [3.63, 3.8) is 0 Å². The number of likely N-dealkylation sites (N-methyl/N-ethyl adjacent to an activating group) is 1. The average molecular weight is 380 g/mol. The summed E-state index contributed by atoms with van der Waals surface area (Å²) in [6.45, 7) is 0.764. The maximum atomic E-state index is 12.8. The third-order valence-corrected chi connectivity index (χ3v) is 7.12. The highest BCUT2D eigenvalue weighted by molar-refractivity contribution is 7.86. The quantitative estimate of drug-likeness (QED) is 0.741. The van der Waals surface area contributed by atoms with E-state index in [0.29, 0.717) is 19.6 Å². The van der Waals surface area contributed by atoms with Crippen LogP contribution in [0.1, 0.15) is 12.8 Å². The number of nitrogens with one attached hydrogen (secondary N) is 1. The number of fused-ring (bicyclic) bond motifs is 1. The molecule has 2 N–H and O–H groups in total. The van der Waals surface area contributed by atoms with Crippen LogP contribution in [0, 0.1) is 0 Å². The van der Waals surface area contributed by atoms with E-state index >= 15 is 0 Å². The summed E-state index contributed by atoms with van der Waals surface area (Å²) in [5.41, 5.74) is 0.258. The zero-order valence-electron chi connectivity index (χ0n) is 14.3. The molecule has 3 heterocycles. The van der Waals surface area contributed by atoms with E-state index in [9.17, 15) is 13.2 Å². The van der Waals surface area contributed by atoms with Gasteiger partial charge in [0.05, 0.1) is 10.9 Å². The van der Waals surface area contributed by atoms with Gasteiger partial charge in [0, 0.05) is 32.9 Å². The van der Waals surface area contributed by atoms with Gasteiger partial charge in [-0.15, -0.1) is 0 Å². The van der Waals surface area contributed by atoms with Crippen LogP contribution in [0.25, 0.3) is 11.0 Å². The van der Waals surface area contributed by atoms with E-state index in [4.69, 9.17) is 5.11 Å². The minimum Gasteiger partial charge on any atom is -0.480 e. The van der Waals surface area contributed by atoms with Gasteiger partial charge in [0.1, 0.15) is 24.3 Å². The molecule has 0 unspecified atom stereocenters. The van der Waals surface area contributed by atoms with Crippen molar-refractivity contribution in [3.05, 3.63) is 18.6 Å². The van der Waals surface area contributed by atoms with Gasteiger partial charge in [0.2, 0.25) is 0 Å². The van der Waals surface area contributed by atoms with Crippen molar-refractivity contribution in [1.82, 2.24) is 23.6 Å². The fourth-order valence-electron chi connectivity index (χ4n) is 3.61. The Morgan fingerprint density at radius 2 is 2.15 bits per heavy atom. The van der Waals surface area contributed by atoms with Gasteiger partial charge in [-0.05, 0) is 18.9 Å². The summed E-state index contributed by atoms with van der Waals surface area (Å²) in [6.07, 6.45) is 4.81. The highest BCUT2D eigenvalue weighted by atomic mass is 32.2. The van der Waals surface area contributed by atoms with Crippen molar-refractivity contribution in [2.24, 2.45) is 0 Å². The van der Waals surface area contributed by atoms with E-state index in [-0.39, 0.29) is 0 Å². The molecule has 0 aromatic carbocycles. The number of H-pyrrole nitrogens is 1. The molecule has 1 aliphatic carbocycles. The zero-order valence-corrected chi connectivity index (χ0v) is 15.1. The molecule has 2 aromatic heterocycles. The Balaban J connectivity index is 1.60. The van der Waals surface area contributed by atoms with Crippen LogP contribution in [0.15, 0.2) is 18.6 Å². The summed E-state index contributed by atoms with van der Waals surface area (Å²) in [6, 6.07) is 1.91.